The second kappa shape index (κ2) is 5.85. The zero-order chi connectivity index (χ0) is 13.0. The first-order valence-corrected chi connectivity index (χ1v) is 6.72. The van der Waals surface area contributed by atoms with Gasteiger partial charge in [0.2, 0.25) is 5.56 Å². The van der Waals surface area contributed by atoms with Crippen LogP contribution >= 0.6 is 0 Å². The van der Waals surface area contributed by atoms with Crippen LogP contribution in [0.15, 0.2) is 23.0 Å². The fourth-order valence-electron chi connectivity index (χ4n) is 2.60. The number of rotatable bonds is 2. The van der Waals surface area contributed by atoms with Gasteiger partial charge >= 0.3 is 0 Å². The van der Waals surface area contributed by atoms with Crippen molar-refractivity contribution in [1.29, 1.82) is 0 Å². The molecule has 2 rings (SSSR count). The van der Waals surface area contributed by atoms with Crippen LogP contribution in [0.25, 0.3) is 0 Å². The van der Waals surface area contributed by atoms with Gasteiger partial charge in [-0.3, -0.25) is 9.59 Å². The molecule has 1 N–H and O–H groups in total. The van der Waals surface area contributed by atoms with Crippen molar-refractivity contribution >= 4 is 5.91 Å². The van der Waals surface area contributed by atoms with Crippen molar-refractivity contribution in [2.75, 3.05) is 6.54 Å². The van der Waals surface area contributed by atoms with Gasteiger partial charge in [-0.1, -0.05) is 25.8 Å². The van der Waals surface area contributed by atoms with Gasteiger partial charge in [0, 0.05) is 18.7 Å². The van der Waals surface area contributed by atoms with Crippen LogP contribution in [0, 0.1) is 0 Å². The first kappa shape index (κ1) is 12.9. The van der Waals surface area contributed by atoms with E-state index in [9.17, 15) is 9.59 Å². The van der Waals surface area contributed by atoms with Crippen molar-refractivity contribution in [3.63, 3.8) is 0 Å². The maximum atomic E-state index is 12.4. The third kappa shape index (κ3) is 2.81. The SMILES string of the molecule is CCC1CCCCCN1C(=O)c1cccc(=O)[nH]1. The first-order valence-electron chi connectivity index (χ1n) is 6.72. The molecule has 1 aliphatic rings. The quantitative estimate of drug-likeness (QED) is 0.872. The number of carbonyl (C=O) groups excluding carboxylic acids is 1. The lowest BCUT2D eigenvalue weighted by molar-refractivity contribution is 0.0672. The Bertz CT molecular complexity index is 467. The number of nitrogens with zero attached hydrogens (tertiary/aromatic N) is 1. The summed E-state index contributed by atoms with van der Waals surface area (Å²) in [5, 5.41) is 0. The third-order valence-electron chi connectivity index (χ3n) is 3.61. The van der Waals surface area contributed by atoms with Crippen molar-refractivity contribution in [3.8, 4) is 0 Å². The van der Waals surface area contributed by atoms with Gasteiger partial charge < -0.3 is 9.88 Å². The predicted octanol–water partition coefficient (Wildman–Crippen LogP) is 2.17. The van der Waals surface area contributed by atoms with Crippen molar-refractivity contribution in [1.82, 2.24) is 9.88 Å². The van der Waals surface area contributed by atoms with E-state index in [1.165, 1.54) is 18.9 Å². The molecule has 0 aromatic carbocycles. The molecular weight excluding hydrogens is 228 g/mol. The molecule has 1 amide bonds. The third-order valence-corrected chi connectivity index (χ3v) is 3.61. The number of hydrogen-bond acceptors (Lipinski definition) is 2. The molecule has 1 aliphatic heterocycles. The summed E-state index contributed by atoms with van der Waals surface area (Å²) in [6.45, 7) is 2.91. The molecule has 98 valence electrons. The molecule has 1 aromatic rings. The van der Waals surface area contributed by atoms with Gasteiger partial charge in [-0.15, -0.1) is 0 Å². The highest BCUT2D eigenvalue weighted by atomic mass is 16.2. The standard InChI is InChI=1S/C14H20N2O2/c1-2-11-7-4-3-5-10-16(11)14(18)12-8-6-9-13(17)15-12/h6,8-9,11H,2-5,7,10H2,1H3,(H,15,17). The number of likely N-dealkylation sites (tertiary alicyclic amines) is 1. The minimum atomic E-state index is -0.219. The van der Waals surface area contributed by atoms with Crippen LogP contribution in [0.4, 0.5) is 0 Å². The Morgan fingerprint density at radius 2 is 2.22 bits per heavy atom. The zero-order valence-corrected chi connectivity index (χ0v) is 10.8. The topological polar surface area (TPSA) is 53.2 Å². The largest absolute Gasteiger partial charge is 0.334 e. The number of hydrogen-bond donors (Lipinski definition) is 1. The number of amides is 1. The Balaban J connectivity index is 2.22. The maximum absolute atomic E-state index is 12.4. The molecule has 0 saturated carbocycles. The molecule has 4 nitrogen and oxygen atoms in total. The van der Waals surface area contributed by atoms with E-state index in [0.717, 1.165) is 25.8 Å². The average Bonchev–Trinajstić information content (AvgIpc) is 2.62. The predicted molar refractivity (Wildman–Crippen MR) is 70.6 cm³/mol. The van der Waals surface area contributed by atoms with Gasteiger partial charge in [0.25, 0.3) is 5.91 Å². The zero-order valence-electron chi connectivity index (χ0n) is 10.8. The summed E-state index contributed by atoms with van der Waals surface area (Å²) in [6, 6.07) is 5.05. The van der Waals surface area contributed by atoms with Crippen LogP contribution in [0.2, 0.25) is 0 Å². The number of H-pyrrole nitrogens is 1. The van der Waals surface area contributed by atoms with Gasteiger partial charge in [0.15, 0.2) is 0 Å². The van der Waals surface area contributed by atoms with Crippen molar-refractivity contribution < 1.29 is 4.79 Å². The smallest absolute Gasteiger partial charge is 0.270 e. The fraction of sp³-hybridized carbons (Fsp3) is 0.571. The van der Waals surface area contributed by atoms with Crippen LogP contribution in [0.1, 0.15) is 49.5 Å². The minimum absolute atomic E-state index is 0.0403. The summed E-state index contributed by atoms with van der Waals surface area (Å²) in [6.07, 6.45) is 5.47. The lowest BCUT2D eigenvalue weighted by Gasteiger charge is -2.29. The van der Waals surface area contributed by atoms with E-state index >= 15 is 0 Å². The highest BCUT2D eigenvalue weighted by Gasteiger charge is 2.25. The molecule has 0 aliphatic carbocycles. The molecular formula is C14H20N2O2. The molecule has 1 atom stereocenters. The van der Waals surface area contributed by atoms with E-state index in [0.29, 0.717) is 11.7 Å². The summed E-state index contributed by atoms with van der Waals surface area (Å²) in [4.78, 5) is 28.3. The van der Waals surface area contributed by atoms with Crippen LogP contribution in [-0.2, 0) is 0 Å². The Hall–Kier alpha value is -1.58. The van der Waals surface area contributed by atoms with E-state index in [2.05, 4.69) is 11.9 Å². The molecule has 1 fully saturated rings. The summed E-state index contributed by atoms with van der Waals surface area (Å²) >= 11 is 0. The summed E-state index contributed by atoms with van der Waals surface area (Å²) in [5.74, 6) is -0.0403. The van der Waals surface area contributed by atoms with Gasteiger partial charge in [-0.2, -0.15) is 0 Å². The van der Waals surface area contributed by atoms with Crippen LogP contribution < -0.4 is 5.56 Å². The monoisotopic (exact) mass is 248 g/mol. The fourth-order valence-corrected chi connectivity index (χ4v) is 2.60. The number of carbonyl (C=O) groups is 1. The molecule has 0 bridgehead atoms. The van der Waals surface area contributed by atoms with Crippen LogP contribution in [-0.4, -0.2) is 28.4 Å². The molecule has 2 heterocycles. The lowest BCUT2D eigenvalue weighted by atomic mass is 10.1. The Morgan fingerprint density at radius 1 is 1.39 bits per heavy atom. The highest BCUT2D eigenvalue weighted by Crippen LogP contribution is 2.20. The Labute approximate surface area is 107 Å². The number of aromatic amines is 1. The summed E-state index contributed by atoms with van der Waals surface area (Å²) in [7, 11) is 0. The van der Waals surface area contributed by atoms with Crippen molar-refractivity contribution in [2.45, 2.75) is 45.1 Å². The van der Waals surface area contributed by atoms with E-state index < -0.39 is 0 Å². The van der Waals surface area contributed by atoms with Gasteiger partial charge in [0.1, 0.15) is 5.69 Å². The number of nitrogens with one attached hydrogen (secondary N) is 1. The van der Waals surface area contributed by atoms with Gasteiger partial charge in [-0.25, -0.2) is 0 Å². The summed E-state index contributed by atoms with van der Waals surface area (Å²) < 4.78 is 0. The van der Waals surface area contributed by atoms with E-state index in [1.54, 1.807) is 12.1 Å². The van der Waals surface area contributed by atoms with E-state index in [-0.39, 0.29) is 11.5 Å². The second-order valence-electron chi connectivity index (χ2n) is 4.84. The molecule has 1 saturated heterocycles. The number of pyridine rings is 1. The van der Waals surface area contributed by atoms with Crippen molar-refractivity contribution in [2.24, 2.45) is 0 Å². The average molecular weight is 248 g/mol. The van der Waals surface area contributed by atoms with E-state index in [4.69, 9.17) is 0 Å². The van der Waals surface area contributed by atoms with Crippen LogP contribution in [0.5, 0.6) is 0 Å². The molecule has 1 aromatic heterocycles. The highest BCUT2D eigenvalue weighted by molar-refractivity contribution is 5.92. The molecule has 4 heteroatoms. The van der Waals surface area contributed by atoms with Crippen molar-refractivity contribution in [3.05, 3.63) is 34.2 Å². The van der Waals surface area contributed by atoms with E-state index in [1.807, 2.05) is 4.90 Å². The second-order valence-corrected chi connectivity index (χ2v) is 4.84. The first-order chi connectivity index (χ1) is 8.72. The summed E-state index contributed by atoms with van der Waals surface area (Å²) in [5.41, 5.74) is 0.187. The minimum Gasteiger partial charge on any atom is -0.334 e. The molecule has 1 unspecified atom stereocenters. The molecule has 0 spiro atoms. The maximum Gasteiger partial charge on any atom is 0.270 e. The van der Waals surface area contributed by atoms with Crippen LogP contribution in [0.3, 0.4) is 0 Å². The van der Waals surface area contributed by atoms with Gasteiger partial charge in [0.05, 0.1) is 0 Å². The Kier molecular flexibility index (Phi) is 4.18. The lowest BCUT2D eigenvalue weighted by Crippen LogP contribution is -2.40. The van der Waals surface area contributed by atoms with Gasteiger partial charge in [-0.05, 0) is 25.3 Å². The molecule has 18 heavy (non-hydrogen) atoms. The normalized spacial score (nSPS) is 20.5. The Morgan fingerprint density at radius 3 is 2.94 bits per heavy atom. The molecule has 0 radical (unpaired) electrons. The number of aromatic nitrogens is 1.